The molecule has 0 aromatic heterocycles. The average Bonchev–Trinajstić information content (AvgIpc) is 2.36. The van der Waals surface area contributed by atoms with Crippen LogP contribution in [0.25, 0.3) is 0 Å². The number of hydrogen-bond donors (Lipinski definition) is 1. The molecule has 0 heterocycles. The second kappa shape index (κ2) is 6.78. The first-order valence-electron chi connectivity index (χ1n) is 5.72. The Morgan fingerprint density at radius 1 is 1.29 bits per heavy atom. The zero-order chi connectivity index (χ0) is 12.7. The lowest BCUT2D eigenvalue weighted by atomic mass is 10.2. The van der Waals surface area contributed by atoms with Crippen molar-refractivity contribution in [1.29, 1.82) is 0 Å². The molecule has 1 rings (SSSR count). The molecule has 0 aliphatic rings. The summed E-state index contributed by atoms with van der Waals surface area (Å²) in [6.45, 7) is 4.03. The number of amides is 1. The first-order chi connectivity index (χ1) is 8.15. The molecule has 17 heavy (non-hydrogen) atoms. The maximum Gasteiger partial charge on any atom is 0.258 e. The number of methoxy groups -OCH3 is 1. The van der Waals surface area contributed by atoms with Crippen LogP contribution in [0.5, 0.6) is 11.5 Å². The highest BCUT2D eigenvalue weighted by atomic mass is 16.5. The number of carbonyl (C=O) groups is 1. The minimum atomic E-state index is -0.102. The number of carbonyl (C=O) groups excluding carboxylic acids is 1. The molecule has 0 spiro atoms. The quantitative estimate of drug-likeness (QED) is 0.823. The van der Waals surface area contributed by atoms with Crippen LogP contribution < -0.4 is 14.8 Å². The molecule has 1 N–H and O–H groups in total. The summed E-state index contributed by atoms with van der Waals surface area (Å²) in [5.74, 6) is 1.32. The number of benzene rings is 1. The van der Waals surface area contributed by atoms with Crippen molar-refractivity contribution >= 4 is 5.91 Å². The van der Waals surface area contributed by atoms with Gasteiger partial charge in [-0.2, -0.15) is 0 Å². The molecule has 1 aromatic rings. The van der Waals surface area contributed by atoms with E-state index in [1.165, 1.54) is 0 Å². The molecule has 4 nitrogen and oxygen atoms in total. The SMILES string of the molecule is CCC(C)NC(=O)COc1ccc(OC)cc1. The monoisotopic (exact) mass is 237 g/mol. The zero-order valence-electron chi connectivity index (χ0n) is 10.5. The van der Waals surface area contributed by atoms with Crippen LogP contribution in [0.4, 0.5) is 0 Å². The molecule has 1 unspecified atom stereocenters. The highest BCUT2D eigenvalue weighted by molar-refractivity contribution is 5.77. The van der Waals surface area contributed by atoms with E-state index < -0.39 is 0 Å². The second-order valence-electron chi connectivity index (χ2n) is 3.84. The average molecular weight is 237 g/mol. The number of rotatable bonds is 6. The Kier molecular flexibility index (Phi) is 5.33. The van der Waals surface area contributed by atoms with Gasteiger partial charge in [-0.25, -0.2) is 0 Å². The first-order valence-corrected chi connectivity index (χ1v) is 5.72. The minimum Gasteiger partial charge on any atom is -0.497 e. The first kappa shape index (κ1) is 13.4. The van der Waals surface area contributed by atoms with Crippen molar-refractivity contribution in [2.45, 2.75) is 26.3 Å². The Balaban J connectivity index is 2.36. The summed E-state index contributed by atoms with van der Waals surface area (Å²) < 4.78 is 10.4. The van der Waals surface area contributed by atoms with E-state index >= 15 is 0 Å². The van der Waals surface area contributed by atoms with Crippen molar-refractivity contribution in [1.82, 2.24) is 5.32 Å². The van der Waals surface area contributed by atoms with E-state index in [9.17, 15) is 4.79 Å². The maximum atomic E-state index is 11.4. The smallest absolute Gasteiger partial charge is 0.258 e. The standard InChI is InChI=1S/C13H19NO3/c1-4-10(2)14-13(15)9-17-12-7-5-11(16-3)6-8-12/h5-8,10H,4,9H2,1-3H3,(H,14,15). The highest BCUT2D eigenvalue weighted by Crippen LogP contribution is 2.16. The highest BCUT2D eigenvalue weighted by Gasteiger charge is 2.06. The van der Waals surface area contributed by atoms with Gasteiger partial charge in [0.15, 0.2) is 6.61 Å². The molecule has 0 aliphatic carbocycles. The van der Waals surface area contributed by atoms with Crippen molar-refractivity contribution in [3.8, 4) is 11.5 Å². The van der Waals surface area contributed by atoms with Gasteiger partial charge < -0.3 is 14.8 Å². The summed E-state index contributed by atoms with van der Waals surface area (Å²) in [6, 6.07) is 7.32. The van der Waals surface area contributed by atoms with E-state index in [4.69, 9.17) is 9.47 Å². The molecule has 4 heteroatoms. The number of hydrogen-bond acceptors (Lipinski definition) is 3. The van der Waals surface area contributed by atoms with Crippen molar-refractivity contribution in [2.24, 2.45) is 0 Å². The molecule has 94 valence electrons. The fraction of sp³-hybridized carbons (Fsp3) is 0.462. The molecule has 1 aromatic carbocycles. The van der Waals surface area contributed by atoms with Crippen molar-refractivity contribution in [2.75, 3.05) is 13.7 Å². The summed E-state index contributed by atoms with van der Waals surface area (Å²) in [4.78, 5) is 11.4. The molecule has 0 saturated heterocycles. The van der Waals surface area contributed by atoms with Crippen molar-refractivity contribution < 1.29 is 14.3 Å². The lowest BCUT2D eigenvalue weighted by Gasteiger charge is -2.12. The van der Waals surface area contributed by atoms with Gasteiger partial charge in [0.2, 0.25) is 0 Å². The molecular weight excluding hydrogens is 218 g/mol. The molecular formula is C13H19NO3. The van der Waals surface area contributed by atoms with E-state index in [1.807, 2.05) is 13.8 Å². The number of ether oxygens (including phenoxy) is 2. The van der Waals surface area contributed by atoms with Crippen LogP contribution in [0, 0.1) is 0 Å². The van der Waals surface area contributed by atoms with Crippen LogP contribution in [-0.4, -0.2) is 25.7 Å². The van der Waals surface area contributed by atoms with Gasteiger partial charge in [-0.1, -0.05) is 6.92 Å². The van der Waals surface area contributed by atoms with Crippen LogP contribution in [0.3, 0.4) is 0 Å². The number of nitrogens with one attached hydrogen (secondary N) is 1. The third kappa shape index (κ3) is 4.76. The van der Waals surface area contributed by atoms with Gasteiger partial charge >= 0.3 is 0 Å². The molecule has 0 fully saturated rings. The Morgan fingerprint density at radius 3 is 2.41 bits per heavy atom. The van der Waals surface area contributed by atoms with Crippen molar-refractivity contribution in [3.05, 3.63) is 24.3 Å². The molecule has 1 amide bonds. The molecule has 0 saturated carbocycles. The third-order valence-corrected chi connectivity index (χ3v) is 2.45. The van der Waals surface area contributed by atoms with Crippen LogP contribution in [0.2, 0.25) is 0 Å². The van der Waals surface area contributed by atoms with E-state index in [-0.39, 0.29) is 18.6 Å². The Labute approximate surface area is 102 Å². The normalized spacial score (nSPS) is 11.7. The summed E-state index contributed by atoms with van der Waals surface area (Å²) >= 11 is 0. The van der Waals surface area contributed by atoms with E-state index in [2.05, 4.69) is 5.32 Å². The molecule has 0 radical (unpaired) electrons. The van der Waals surface area contributed by atoms with Gasteiger partial charge in [-0.15, -0.1) is 0 Å². The van der Waals surface area contributed by atoms with Crippen LogP contribution in [-0.2, 0) is 4.79 Å². The van der Waals surface area contributed by atoms with Gasteiger partial charge in [0, 0.05) is 6.04 Å². The summed E-state index contributed by atoms with van der Waals surface area (Å²) in [7, 11) is 1.61. The third-order valence-electron chi connectivity index (χ3n) is 2.45. The molecule has 0 bridgehead atoms. The fourth-order valence-electron chi connectivity index (χ4n) is 1.24. The van der Waals surface area contributed by atoms with Crippen LogP contribution >= 0.6 is 0 Å². The predicted octanol–water partition coefficient (Wildman–Crippen LogP) is 1.99. The summed E-state index contributed by atoms with van der Waals surface area (Å²) in [5, 5.41) is 2.83. The Bertz CT molecular complexity index is 348. The van der Waals surface area contributed by atoms with E-state index in [0.717, 1.165) is 12.2 Å². The van der Waals surface area contributed by atoms with E-state index in [0.29, 0.717) is 5.75 Å². The zero-order valence-corrected chi connectivity index (χ0v) is 10.5. The Morgan fingerprint density at radius 2 is 1.88 bits per heavy atom. The Hall–Kier alpha value is -1.71. The van der Waals surface area contributed by atoms with Gasteiger partial charge in [0.25, 0.3) is 5.91 Å². The van der Waals surface area contributed by atoms with Gasteiger partial charge in [0.1, 0.15) is 11.5 Å². The van der Waals surface area contributed by atoms with E-state index in [1.54, 1.807) is 31.4 Å². The largest absolute Gasteiger partial charge is 0.497 e. The lowest BCUT2D eigenvalue weighted by molar-refractivity contribution is -0.123. The summed E-state index contributed by atoms with van der Waals surface area (Å²) in [5.41, 5.74) is 0. The van der Waals surface area contributed by atoms with Gasteiger partial charge in [-0.05, 0) is 37.6 Å². The predicted molar refractivity (Wildman–Crippen MR) is 66.4 cm³/mol. The minimum absolute atomic E-state index is 0.0384. The van der Waals surface area contributed by atoms with Gasteiger partial charge in [-0.3, -0.25) is 4.79 Å². The van der Waals surface area contributed by atoms with Crippen molar-refractivity contribution in [3.63, 3.8) is 0 Å². The lowest BCUT2D eigenvalue weighted by Crippen LogP contribution is -2.35. The second-order valence-corrected chi connectivity index (χ2v) is 3.84. The molecule has 0 aliphatic heterocycles. The topological polar surface area (TPSA) is 47.6 Å². The summed E-state index contributed by atoms with van der Waals surface area (Å²) in [6.07, 6.45) is 0.911. The van der Waals surface area contributed by atoms with Crippen LogP contribution in [0.1, 0.15) is 20.3 Å². The fourth-order valence-corrected chi connectivity index (χ4v) is 1.24. The maximum absolute atomic E-state index is 11.4. The van der Waals surface area contributed by atoms with Crippen LogP contribution in [0.15, 0.2) is 24.3 Å². The van der Waals surface area contributed by atoms with Gasteiger partial charge in [0.05, 0.1) is 7.11 Å². The molecule has 1 atom stereocenters.